The number of para-hydroxylation sites is 1. The van der Waals surface area contributed by atoms with Crippen molar-refractivity contribution in [3.63, 3.8) is 0 Å². The second-order valence-corrected chi connectivity index (χ2v) is 7.24. The third-order valence-corrected chi connectivity index (χ3v) is 4.93. The van der Waals surface area contributed by atoms with Crippen LogP contribution in [0, 0.1) is 0 Å². The summed E-state index contributed by atoms with van der Waals surface area (Å²) in [6.45, 7) is 4.30. The van der Waals surface area contributed by atoms with Crippen molar-refractivity contribution < 1.29 is 23.8 Å². The molecule has 31 heavy (non-hydrogen) atoms. The lowest BCUT2D eigenvalue weighted by atomic mass is 10.2. The van der Waals surface area contributed by atoms with Crippen LogP contribution in [-0.2, 0) is 4.79 Å². The number of carbonyl (C=O) groups excluding carboxylic acids is 2. The van der Waals surface area contributed by atoms with Crippen molar-refractivity contribution in [1.82, 2.24) is 0 Å². The van der Waals surface area contributed by atoms with Gasteiger partial charge in [0, 0.05) is 12.1 Å². The lowest BCUT2D eigenvalue weighted by molar-refractivity contribution is -0.118. The van der Waals surface area contributed by atoms with Crippen LogP contribution in [-0.4, -0.2) is 31.6 Å². The van der Waals surface area contributed by atoms with E-state index in [1.54, 1.807) is 30.3 Å². The average Bonchev–Trinajstić information content (AvgIpc) is 3.31. The Morgan fingerprint density at radius 3 is 2.06 bits per heavy atom. The van der Waals surface area contributed by atoms with Gasteiger partial charge in [0.15, 0.2) is 6.61 Å². The van der Waals surface area contributed by atoms with Gasteiger partial charge in [0.25, 0.3) is 11.8 Å². The van der Waals surface area contributed by atoms with Gasteiger partial charge in [0.1, 0.15) is 17.2 Å². The van der Waals surface area contributed by atoms with E-state index < -0.39 is 0 Å². The van der Waals surface area contributed by atoms with Crippen LogP contribution >= 0.6 is 11.3 Å². The van der Waals surface area contributed by atoms with Gasteiger partial charge in [-0.1, -0.05) is 24.3 Å². The first kappa shape index (κ1) is 22.2. The number of hydrogen-bond acceptors (Lipinski definition) is 6. The summed E-state index contributed by atoms with van der Waals surface area (Å²) in [6, 6.07) is 15.9. The molecule has 162 valence electrons. The number of rotatable bonds is 10. The van der Waals surface area contributed by atoms with Crippen molar-refractivity contribution in [3.05, 3.63) is 64.9 Å². The second-order valence-electron chi connectivity index (χ2n) is 6.29. The molecule has 0 atom stereocenters. The van der Waals surface area contributed by atoms with Crippen LogP contribution in [0.15, 0.2) is 60.0 Å². The number of anilines is 2. The average molecular weight is 441 g/mol. The van der Waals surface area contributed by atoms with Gasteiger partial charge in [-0.2, -0.15) is 0 Å². The molecule has 2 aromatic carbocycles. The number of ether oxygens (including phenoxy) is 3. The van der Waals surface area contributed by atoms with E-state index in [1.165, 1.54) is 11.3 Å². The van der Waals surface area contributed by atoms with Crippen molar-refractivity contribution in [1.29, 1.82) is 0 Å². The monoisotopic (exact) mass is 440 g/mol. The Morgan fingerprint density at radius 2 is 1.48 bits per heavy atom. The van der Waals surface area contributed by atoms with E-state index in [-0.39, 0.29) is 18.4 Å². The Balaban J connectivity index is 1.79. The molecule has 0 saturated heterocycles. The summed E-state index contributed by atoms with van der Waals surface area (Å²) in [5.41, 5.74) is 0.892. The summed E-state index contributed by atoms with van der Waals surface area (Å²) >= 11 is 1.34. The largest absolute Gasteiger partial charge is 0.492 e. The molecule has 0 aliphatic rings. The molecule has 0 radical (unpaired) electrons. The van der Waals surface area contributed by atoms with Crippen LogP contribution in [0.25, 0.3) is 0 Å². The molecule has 8 heteroatoms. The Kier molecular flexibility index (Phi) is 7.89. The van der Waals surface area contributed by atoms with Crippen molar-refractivity contribution in [3.8, 4) is 17.2 Å². The number of thiophene rings is 1. The number of hydrogen-bond donors (Lipinski definition) is 2. The quantitative estimate of drug-likeness (QED) is 0.472. The number of benzene rings is 2. The molecule has 3 aromatic rings. The normalized spacial score (nSPS) is 10.3. The van der Waals surface area contributed by atoms with Crippen LogP contribution < -0.4 is 24.8 Å². The summed E-state index contributed by atoms with van der Waals surface area (Å²) in [5.74, 6) is 0.856. The summed E-state index contributed by atoms with van der Waals surface area (Å²) in [7, 11) is 0. The Morgan fingerprint density at radius 1 is 0.839 bits per heavy atom. The predicted octanol–water partition coefficient (Wildman–Crippen LogP) is 4.82. The van der Waals surface area contributed by atoms with Crippen molar-refractivity contribution in [2.24, 2.45) is 0 Å². The molecule has 0 fully saturated rings. The minimum Gasteiger partial charge on any atom is -0.492 e. The first-order chi connectivity index (χ1) is 15.1. The SMILES string of the molecule is CCOc1cc(NC(=O)c2cccs2)c(OCC)cc1NC(=O)COc1ccccc1. The lowest BCUT2D eigenvalue weighted by Gasteiger charge is -2.17. The van der Waals surface area contributed by atoms with Crippen LogP contribution in [0.4, 0.5) is 11.4 Å². The van der Waals surface area contributed by atoms with Gasteiger partial charge >= 0.3 is 0 Å². The third kappa shape index (κ3) is 6.23. The summed E-state index contributed by atoms with van der Waals surface area (Å²) in [5, 5.41) is 7.48. The molecule has 7 nitrogen and oxygen atoms in total. The molecular formula is C23H24N2O5S. The van der Waals surface area contributed by atoms with E-state index in [0.717, 1.165) is 0 Å². The fourth-order valence-electron chi connectivity index (χ4n) is 2.75. The Labute approximate surface area is 185 Å². The zero-order chi connectivity index (χ0) is 22.1. The molecule has 1 heterocycles. The molecule has 0 bridgehead atoms. The highest BCUT2D eigenvalue weighted by Gasteiger charge is 2.17. The maximum Gasteiger partial charge on any atom is 0.265 e. The van der Waals surface area contributed by atoms with Gasteiger partial charge in [0.2, 0.25) is 0 Å². The second kappa shape index (κ2) is 11.0. The molecule has 0 saturated carbocycles. The van der Waals surface area contributed by atoms with E-state index in [2.05, 4.69) is 10.6 Å². The molecule has 0 spiro atoms. The fraction of sp³-hybridized carbons (Fsp3) is 0.217. The standard InChI is InChI=1S/C23H24N2O5S/c1-3-28-19-14-18(25-23(27)21-11-8-12-31-21)20(29-4-2)13-17(19)24-22(26)15-30-16-9-6-5-7-10-16/h5-14H,3-4,15H2,1-2H3,(H,24,26)(H,25,27). The van der Waals surface area contributed by atoms with Gasteiger partial charge in [-0.25, -0.2) is 0 Å². The predicted molar refractivity (Wildman–Crippen MR) is 122 cm³/mol. The van der Waals surface area contributed by atoms with Gasteiger partial charge in [-0.15, -0.1) is 11.3 Å². The van der Waals surface area contributed by atoms with Crippen LogP contribution in [0.3, 0.4) is 0 Å². The maximum absolute atomic E-state index is 12.5. The topological polar surface area (TPSA) is 85.9 Å². The van der Waals surface area contributed by atoms with E-state index >= 15 is 0 Å². The smallest absolute Gasteiger partial charge is 0.265 e. The molecule has 0 aliphatic carbocycles. The van der Waals surface area contributed by atoms with Gasteiger partial charge < -0.3 is 24.8 Å². The summed E-state index contributed by atoms with van der Waals surface area (Å²) in [4.78, 5) is 25.5. The first-order valence-corrected chi connectivity index (χ1v) is 10.7. The van der Waals surface area contributed by atoms with Crippen molar-refractivity contribution in [2.45, 2.75) is 13.8 Å². The van der Waals surface area contributed by atoms with E-state index in [1.807, 2.05) is 43.5 Å². The molecule has 0 aliphatic heterocycles. The van der Waals surface area contributed by atoms with Gasteiger partial charge in [0.05, 0.1) is 29.5 Å². The van der Waals surface area contributed by atoms with E-state index in [4.69, 9.17) is 14.2 Å². The minimum absolute atomic E-state index is 0.156. The summed E-state index contributed by atoms with van der Waals surface area (Å²) < 4.78 is 16.9. The minimum atomic E-state index is -0.345. The molecule has 1 aromatic heterocycles. The lowest BCUT2D eigenvalue weighted by Crippen LogP contribution is -2.21. The number of carbonyl (C=O) groups is 2. The van der Waals surface area contributed by atoms with E-state index in [9.17, 15) is 9.59 Å². The zero-order valence-corrected chi connectivity index (χ0v) is 18.2. The molecule has 2 amide bonds. The summed E-state index contributed by atoms with van der Waals surface area (Å²) in [6.07, 6.45) is 0. The molecule has 2 N–H and O–H groups in total. The van der Waals surface area contributed by atoms with Gasteiger partial charge in [-0.3, -0.25) is 9.59 Å². The first-order valence-electron chi connectivity index (χ1n) is 9.86. The van der Waals surface area contributed by atoms with Gasteiger partial charge in [-0.05, 0) is 37.4 Å². The molecular weight excluding hydrogens is 416 g/mol. The van der Waals surface area contributed by atoms with Crippen LogP contribution in [0.2, 0.25) is 0 Å². The number of nitrogens with one attached hydrogen (secondary N) is 2. The number of amides is 2. The van der Waals surface area contributed by atoms with Crippen molar-refractivity contribution in [2.75, 3.05) is 30.5 Å². The Bertz CT molecular complexity index is 1010. The van der Waals surface area contributed by atoms with Crippen LogP contribution in [0.1, 0.15) is 23.5 Å². The maximum atomic E-state index is 12.5. The Hall–Kier alpha value is -3.52. The highest BCUT2D eigenvalue weighted by atomic mass is 32.1. The van der Waals surface area contributed by atoms with Crippen molar-refractivity contribution >= 4 is 34.5 Å². The highest BCUT2D eigenvalue weighted by Crippen LogP contribution is 2.37. The zero-order valence-electron chi connectivity index (χ0n) is 17.3. The van der Waals surface area contributed by atoms with Crippen LogP contribution in [0.5, 0.6) is 17.2 Å². The molecule has 3 rings (SSSR count). The molecule has 0 unspecified atom stereocenters. The fourth-order valence-corrected chi connectivity index (χ4v) is 3.37. The highest BCUT2D eigenvalue weighted by molar-refractivity contribution is 7.12. The third-order valence-electron chi connectivity index (χ3n) is 4.06. The van der Waals surface area contributed by atoms with E-state index in [0.29, 0.717) is 46.7 Å².